The van der Waals surface area contributed by atoms with E-state index in [1.807, 2.05) is 23.8 Å². The minimum atomic E-state index is -0.211. The largest absolute Gasteiger partial charge is 0.352 e. The van der Waals surface area contributed by atoms with Crippen LogP contribution in [0.5, 0.6) is 0 Å². The van der Waals surface area contributed by atoms with E-state index < -0.39 is 0 Å². The molecule has 1 N–H and O–H groups in total. The molecule has 2 atom stereocenters. The molecule has 1 fully saturated rings. The number of amides is 1. The van der Waals surface area contributed by atoms with Gasteiger partial charge in [0.15, 0.2) is 0 Å². The molecule has 0 unspecified atom stereocenters. The van der Waals surface area contributed by atoms with Gasteiger partial charge in [-0.25, -0.2) is 9.37 Å². The fourth-order valence-electron chi connectivity index (χ4n) is 3.74. The highest BCUT2D eigenvalue weighted by Crippen LogP contribution is 2.20. The molecule has 0 saturated carbocycles. The molecule has 1 amide bonds. The van der Waals surface area contributed by atoms with Crippen LogP contribution in [0.1, 0.15) is 30.7 Å². The highest BCUT2D eigenvalue weighted by molar-refractivity contribution is 5.76. The van der Waals surface area contributed by atoms with Crippen molar-refractivity contribution in [2.45, 2.75) is 51.2 Å². The Morgan fingerprint density at radius 3 is 3.00 bits per heavy atom. The van der Waals surface area contributed by atoms with Crippen molar-refractivity contribution in [3.05, 3.63) is 53.9 Å². The number of halogens is 1. The smallest absolute Gasteiger partial charge is 0.222 e. The summed E-state index contributed by atoms with van der Waals surface area (Å²) in [5.41, 5.74) is 0.969. The predicted octanol–water partition coefficient (Wildman–Crippen LogP) is 2.54. The minimum Gasteiger partial charge on any atom is -0.352 e. The molecule has 1 aromatic carbocycles. The average molecular weight is 358 g/mol. The van der Waals surface area contributed by atoms with Gasteiger partial charge in [0.05, 0.1) is 0 Å². The van der Waals surface area contributed by atoms with Gasteiger partial charge in [-0.2, -0.15) is 0 Å². The van der Waals surface area contributed by atoms with Gasteiger partial charge < -0.3 is 14.8 Å². The summed E-state index contributed by atoms with van der Waals surface area (Å²) in [4.78, 5) is 18.9. The summed E-state index contributed by atoms with van der Waals surface area (Å²) in [5.74, 6) is 0.763. The molecule has 0 radical (unpaired) electrons. The lowest BCUT2D eigenvalue weighted by atomic mass is 9.91. The average Bonchev–Trinajstić information content (AvgIpc) is 3.01. The van der Waals surface area contributed by atoms with Crippen LogP contribution in [-0.2, 0) is 17.8 Å². The van der Waals surface area contributed by atoms with Crippen LogP contribution < -0.4 is 5.32 Å². The number of aromatic nitrogens is 2. The van der Waals surface area contributed by atoms with Crippen LogP contribution in [0.2, 0.25) is 0 Å². The zero-order valence-corrected chi connectivity index (χ0v) is 15.5. The first-order valence-corrected chi connectivity index (χ1v) is 9.24. The van der Waals surface area contributed by atoms with Gasteiger partial charge in [0.2, 0.25) is 5.91 Å². The third kappa shape index (κ3) is 4.69. The first-order valence-electron chi connectivity index (χ1n) is 9.24. The van der Waals surface area contributed by atoms with Crippen molar-refractivity contribution < 1.29 is 9.18 Å². The quantitative estimate of drug-likeness (QED) is 0.863. The van der Waals surface area contributed by atoms with Crippen molar-refractivity contribution in [2.24, 2.45) is 0 Å². The molecule has 1 aliphatic rings. The zero-order valence-electron chi connectivity index (χ0n) is 15.5. The summed E-state index contributed by atoms with van der Waals surface area (Å²) in [5, 5.41) is 3.21. The zero-order chi connectivity index (χ0) is 18.5. The lowest BCUT2D eigenvalue weighted by Crippen LogP contribution is -2.55. The number of likely N-dealkylation sites (tertiary alicyclic amines) is 1. The van der Waals surface area contributed by atoms with E-state index in [2.05, 4.69) is 22.2 Å². The van der Waals surface area contributed by atoms with E-state index >= 15 is 0 Å². The molecule has 0 aliphatic carbocycles. The molecular formula is C20H27FN4O. The maximum Gasteiger partial charge on any atom is 0.222 e. The number of aryl methyl sites for hydroxylation is 2. The van der Waals surface area contributed by atoms with Crippen LogP contribution in [0, 0.1) is 12.7 Å². The van der Waals surface area contributed by atoms with Gasteiger partial charge in [-0.1, -0.05) is 12.1 Å². The third-order valence-electron chi connectivity index (χ3n) is 5.24. The van der Waals surface area contributed by atoms with Gasteiger partial charge in [-0.05, 0) is 57.5 Å². The number of carbonyl (C=O) groups excluding carboxylic acids is 1. The normalized spacial score (nSPS) is 20.9. The fraction of sp³-hybridized carbons (Fsp3) is 0.500. The van der Waals surface area contributed by atoms with Crippen molar-refractivity contribution in [3.63, 3.8) is 0 Å². The first kappa shape index (κ1) is 18.6. The Labute approximate surface area is 154 Å². The SMILES string of the molecule is Cc1nccn1CCC(=O)N[C@H]1CCCN(C)[C@H]1Cc1cccc(F)c1. The molecule has 2 heterocycles. The van der Waals surface area contributed by atoms with Gasteiger partial charge in [0, 0.05) is 37.4 Å². The van der Waals surface area contributed by atoms with Crippen molar-refractivity contribution in [2.75, 3.05) is 13.6 Å². The number of imidazole rings is 1. The molecule has 1 aliphatic heterocycles. The van der Waals surface area contributed by atoms with E-state index in [1.165, 1.54) is 6.07 Å². The maximum atomic E-state index is 13.5. The van der Waals surface area contributed by atoms with Gasteiger partial charge in [0.25, 0.3) is 0 Å². The second-order valence-corrected chi connectivity index (χ2v) is 7.12. The number of rotatable bonds is 6. The number of nitrogens with zero attached hydrogens (tertiary/aromatic N) is 3. The van der Waals surface area contributed by atoms with Crippen LogP contribution in [0.4, 0.5) is 4.39 Å². The predicted molar refractivity (Wildman–Crippen MR) is 99.3 cm³/mol. The summed E-state index contributed by atoms with van der Waals surface area (Å²) in [6.07, 6.45) is 6.83. The van der Waals surface area contributed by atoms with Crippen LogP contribution in [0.15, 0.2) is 36.7 Å². The molecule has 26 heavy (non-hydrogen) atoms. The molecular weight excluding hydrogens is 331 g/mol. The van der Waals surface area contributed by atoms with Crippen LogP contribution in [0.3, 0.4) is 0 Å². The van der Waals surface area contributed by atoms with E-state index in [4.69, 9.17) is 0 Å². The number of hydrogen-bond donors (Lipinski definition) is 1. The first-order chi connectivity index (χ1) is 12.5. The van der Waals surface area contributed by atoms with E-state index in [0.29, 0.717) is 13.0 Å². The van der Waals surface area contributed by atoms with Crippen LogP contribution in [0.25, 0.3) is 0 Å². The Morgan fingerprint density at radius 2 is 2.27 bits per heavy atom. The van der Waals surface area contributed by atoms with Gasteiger partial charge in [-0.15, -0.1) is 0 Å². The summed E-state index contributed by atoms with van der Waals surface area (Å²) < 4.78 is 15.5. The number of nitrogens with one attached hydrogen (secondary N) is 1. The monoisotopic (exact) mass is 358 g/mol. The van der Waals surface area contributed by atoms with E-state index in [-0.39, 0.29) is 23.8 Å². The highest BCUT2D eigenvalue weighted by Gasteiger charge is 2.30. The van der Waals surface area contributed by atoms with Crippen molar-refractivity contribution in [1.82, 2.24) is 19.8 Å². The van der Waals surface area contributed by atoms with E-state index in [1.54, 1.807) is 18.3 Å². The van der Waals surface area contributed by atoms with E-state index in [9.17, 15) is 9.18 Å². The molecule has 140 valence electrons. The van der Waals surface area contributed by atoms with Crippen molar-refractivity contribution >= 4 is 5.91 Å². The van der Waals surface area contributed by atoms with Gasteiger partial charge >= 0.3 is 0 Å². The number of carbonyl (C=O) groups is 1. The molecule has 5 nitrogen and oxygen atoms in total. The second-order valence-electron chi connectivity index (χ2n) is 7.12. The second kappa shape index (κ2) is 8.45. The molecule has 1 aromatic heterocycles. The Balaban J connectivity index is 1.60. The molecule has 0 bridgehead atoms. The van der Waals surface area contributed by atoms with Crippen LogP contribution in [-0.4, -0.2) is 46.0 Å². The number of benzene rings is 1. The maximum absolute atomic E-state index is 13.5. The Kier molecular flexibility index (Phi) is 6.04. The number of hydrogen-bond acceptors (Lipinski definition) is 3. The lowest BCUT2D eigenvalue weighted by Gasteiger charge is -2.39. The van der Waals surface area contributed by atoms with Crippen molar-refractivity contribution in [1.29, 1.82) is 0 Å². The fourth-order valence-corrected chi connectivity index (χ4v) is 3.74. The summed E-state index contributed by atoms with van der Waals surface area (Å²) in [6, 6.07) is 7.02. The molecule has 2 aromatic rings. The van der Waals surface area contributed by atoms with Crippen molar-refractivity contribution in [3.8, 4) is 0 Å². The van der Waals surface area contributed by atoms with Gasteiger partial charge in [0.1, 0.15) is 11.6 Å². The van der Waals surface area contributed by atoms with E-state index in [0.717, 1.165) is 37.2 Å². The summed E-state index contributed by atoms with van der Waals surface area (Å²) >= 11 is 0. The number of likely N-dealkylation sites (N-methyl/N-ethyl adjacent to an activating group) is 1. The Hall–Kier alpha value is -2.21. The molecule has 3 rings (SSSR count). The van der Waals surface area contributed by atoms with Gasteiger partial charge in [-0.3, -0.25) is 4.79 Å². The minimum absolute atomic E-state index is 0.0580. The Bertz CT molecular complexity index is 745. The standard InChI is InChI=1S/C20H27FN4O/c1-15-22-9-12-25(15)11-8-20(26)23-18-7-4-10-24(2)19(18)14-16-5-3-6-17(21)13-16/h3,5-6,9,12-13,18-19H,4,7-8,10-11,14H2,1-2H3,(H,23,26)/t18-,19-/m0/s1. The molecule has 1 saturated heterocycles. The summed E-state index contributed by atoms with van der Waals surface area (Å²) in [6.45, 7) is 3.57. The Morgan fingerprint density at radius 1 is 1.42 bits per heavy atom. The topological polar surface area (TPSA) is 50.2 Å². The van der Waals surface area contributed by atoms with Crippen LogP contribution >= 0.6 is 0 Å². The highest BCUT2D eigenvalue weighted by atomic mass is 19.1. The number of piperidine rings is 1. The molecule has 6 heteroatoms. The summed E-state index contributed by atoms with van der Waals surface area (Å²) in [7, 11) is 2.08. The molecule has 0 spiro atoms. The lowest BCUT2D eigenvalue weighted by molar-refractivity contribution is -0.122. The third-order valence-corrected chi connectivity index (χ3v) is 5.24.